The lowest BCUT2D eigenvalue weighted by atomic mass is 9.86. The van der Waals surface area contributed by atoms with Crippen molar-refractivity contribution in [3.05, 3.63) is 47.6 Å². The predicted molar refractivity (Wildman–Crippen MR) is 80.8 cm³/mol. The molecule has 0 saturated heterocycles. The molecule has 1 aromatic carbocycles. The molecule has 0 aliphatic carbocycles. The molecule has 0 unspecified atom stereocenters. The van der Waals surface area contributed by atoms with Crippen molar-refractivity contribution in [2.75, 3.05) is 0 Å². The number of benzene rings is 1. The molecule has 21 heavy (non-hydrogen) atoms. The van der Waals surface area contributed by atoms with E-state index in [1.807, 2.05) is 44.2 Å². The molecule has 0 spiro atoms. The Labute approximate surface area is 125 Å². The minimum absolute atomic E-state index is 0.429. The Morgan fingerprint density at radius 2 is 1.81 bits per heavy atom. The van der Waals surface area contributed by atoms with Crippen LogP contribution in [0.2, 0.25) is 0 Å². The minimum atomic E-state index is -0.847. The molecule has 2 N–H and O–H groups in total. The van der Waals surface area contributed by atoms with E-state index in [1.54, 1.807) is 13.8 Å². The van der Waals surface area contributed by atoms with Crippen LogP contribution in [0, 0.1) is 0 Å². The van der Waals surface area contributed by atoms with Gasteiger partial charge in [-0.05, 0) is 33.3 Å². The second kappa shape index (κ2) is 5.95. The molecular weight excluding hydrogens is 266 g/mol. The maximum Gasteiger partial charge on any atom is 0.240 e. The van der Waals surface area contributed by atoms with E-state index in [-0.39, 0.29) is 0 Å². The normalized spacial score (nSPS) is 12.6. The molecule has 0 aliphatic heterocycles. The molecule has 0 saturated carbocycles. The summed E-state index contributed by atoms with van der Waals surface area (Å²) in [6.45, 7) is 7.85. The summed E-state index contributed by atoms with van der Waals surface area (Å²) in [5.74, 6) is 1.19. The molecule has 0 aliphatic rings. The molecular formula is C16H23N3O2. The molecule has 0 radical (unpaired) electrons. The zero-order chi connectivity index (χ0) is 15.5. The summed E-state index contributed by atoms with van der Waals surface area (Å²) < 4.78 is 5.24. The lowest BCUT2D eigenvalue weighted by molar-refractivity contribution is -0.00639. The van der Waals surface area contributed by atoms with Gasteiger partial charge >= 0.3 is 0 Å². The van der Waals surface area contributed by atoms with E-state index in [9.17, 15) is 5.11 Å². The van der Waals surface area contributed by atoms with E-state index in [0.717, 1.165) is 5.56 Å². The maximum absolute atomic E-state index is 10.1. The van der Waals surface area contributed by atoms with Gasteiger partial charge in [0.2, 0.25) is 5.89 Å². The van der Waals surface area contributed by atoms with Crippen molar-refractivity contribution in [3.8, 4) is 0 Å². The minimum Gasteiger partial charge on any atom is -0.389 e. The van der Waals surface area contributed by atoms with Gasteiger partial charge in [-0.15, -0.1) is 0 Å². The Bertz CT molecular complexity index is 571. The highest BCUT2D eigenvalue weighted by molar-refractivity contribution is 5.18. The Morgan fingerprint density at radius 1 is 1.14 bits per heavy atom. The highest BCUT2D eigenvalue weighted by atomic mass is 16.5. The zero-order valence-corrected chi connectivity index (χ0v) is 13.1. The summed E-state index contributed by atoms with van der Waals surface area (Å²) in [5, 5.41) is 17.3. The van der Waals surface area contributed by atoms with Crippen LogP contribution in [-0.4, -0.2) is 26.4 Å². The summed E-state index contributed by atoms with van der Waals surface area (Å²) in [7, 11) is 0. The van der Waals surface area contributed by atoms with Gasteiger partial charge in [-0.25, -0.2) is 0 Å². The number of aliphatic hydroxyl groups is 1. The summed E-state index contributed by atoms with van der Waals surface area (Å²) in [5.41, 5.74) is -0.157. The first-order valence-corrected chi connectivity index (χ1v) is 7.11. The number of nitrogens with one attached hydrogen (secondary N) is 1. The molecule has 114 valence electrons. The maximum atomic E-state index is 10.1. The van der Waals surface area contributed by atoms with E-state index in [2.05, 4.69) is 15.5 Å². The second-order valence-corrected chi connectivity index (χ2v) is 6.30. The van der Waals surface area contributed by atoms with E-state index in [4.69, 9.17) is 4.52 Å². The Hall–Kier alpha value is -1.72. The van der Waals surface area contributed by atoms with Gasteiger partial charge in [-0.3, -0.25) is 0 Å². The van der Waals surface area contributed by atoms with Crippen molar-refractivity contribution < 1.29 is 9.63 Å². The van der Waals surface area contributed by atoms with Crippen LogP contribution in [-0.2, 0) is 13.0 Å². The van der Waals surface area contributed by atoms with Crippen LogP contribution in [0.3, 0.4) is 0 Å². The monoisotopic (exact) mass is 289 g/mol. The van der Waals surface area contributed by atoms with Crippen LogP contribution >= 0.6 is 0 Å². The Morgan fingerprint density at radius 3 is 2.43 bits per heavy atom. The predicted octanol–water partition coefficient (Wildman–Crippen LogP) is 2.30. The van der Waals surface area contributed by atoms with Gasteiger partial charge < -0.3 is 14.9 Å². The van der Waals surface area contributed by atoms with Crippen molar-refractivity contribution in [2.24, 2.45) is 0 Å². The summed E-state index contributed by atoms with van der Waals surface area (Å²) >= 11 is 0. The van der Waals surface area contributed by atoms with Gasteiger partial charge in [0.05, 0.1) is 12.1 Å². The van der Waals surface area contributed by atoms with Crippen molar-refractivity contribution >= 4 is 0 Å². The topological polar surface area (TPSA) is 71.2 Å². The fourth-order valence-electron chi connectivity index (χ4n) is 1.73. The van der Waals surface area contributed by atoms with Crippen LogP contribution in [0.4, 0.5) is 0 Å². The highest BCUT2D eigenvalue weighted by Gasteiger charge is 2.34. The molecule has 2 rings (SSSR count). The third-order valence-corrected chi connectivity index (χ3v) is 3.93. The third kappa shape index (κ3) is 4.12. The number of rotatable bonds is 6. The van der Waals surface area contributed by atoms with Gasteiger partial charge in [-0.2, -0.15) is 4.98 Å². The standard InChI is InChI=1S/C16H23N3O2/c1-15(2,16(3,4)20)17-11-14-18-13(19-21-14)10-12-8-6-5-7-9-12/h5-9,17,20H,10-11H2,1-4H3. The quantitative estimate of drug-likeness (QED) is 0.854. The van der Waals surface area contributed by atoms with E-state index in [1.165, 1.54) is 0 Å². The molecule has 1 heterocycles. The highest BCUT2D eigenvalue weighted by Crippen LogP contribution is 2.20. The zero-order valence-electron chi connectivity index (χ0n) is 13.1. The number of aromatic nitrogens is 2. The van der Waals surface area contributed by atoms with Crippen LogP contribution in [0.1, 0.15) is 45.0 Å². The fourth-order valence-corrected chi connectivity index (χ4v) is 1.73. The van der Waals surface area contributed by atoms with Crippen LogP contribution in [0.15, 0.2) is 34.9 Å². The Balaban J connectivity index is 1.95. The summed E-state index contributed by atoms with van der Waals surface area (Å²) in [6.07, 6.45) is 0.652. The molecule has 0 amide bonds. The van der Waals surface area contributed by atoms with Gasteiger partial charge in [-0.1, -0.05) is 35.5 Å². The van der Waals surface area contributed by atoms with Crippen LogP contribution in [0.5, 0.6) is 0 Å². The SMILES string of the molecule is CC(C)(O)C(C)(C)NCc1nc(Cc2ccccc2)no1. The fraction of sp³-hybridized carbons (Fsp3) is 0.500. The molecule has 0 bridgehead atoms. The lowest BCUT2D eigenvalue weighted by Gasteiger charge is -2.37. The largest absolute Gasteiger partial charge is 0.389 e. The van der Waals surface area contributed by atoms with E-state index >= 15 is 0 Å². The average Bonchev–Trinajstić information content (AvgIpc) is 2.84. The van der Waals surface area contributed by atoms with Crippen molar-refractivity contribution in [1.29, 1.82) is 0 Å². The first-order valence-electron chi connectivity index (χ1n) is 7.11. The smallest absolute Gasteiger partial charge is 0.240 e. The first kappa shape index (κ1) is 15.7. The van der Waals surface area contributed by atoms with Gasteiger partial charge in [0.25, 0.3) is 0 Å². The van der Waals surface area contributed by atoms with Gasteiger partial charge in [0, 0.05) is 12.0 Å². The number of hydrogen-bond donors (Lipinski definition) is 2. The second-order valence-electron chi connectivity index (χ2n) is 6.30. The van der Waals surface area contributed by atoms with Crippen LogP contribution in [0.25, 0.3) is 0 Å². The third-order valence-electron chi connectivity index (χ3n) is 3.93. The molecule has 5 nitrogen and oxygen atoms in total. The molecule has 5 heteroatoms. The molecule has 0 fully saturated rings. The van der Waals surface area contributed by atoms with Crippen molar-refractivity contribution in [3.63, 3.8) is 0 Å². The Kier molecular flexibility index (Phi) is 4.44. The summed E-state index contributed by atoms with van der Waals surface area (Å²) in [6, 6.07) is 10.0. The number of nitrogens with zero attached hydrogens (tertiary/aromatic N) is 2. The molecule has 1 aromatic heterocycles. The first-order chi connectivity index (χ1) is 9.78. The van der Waals surface area contributed by atoms with Gasteiger partial charge in [0.15, 0.2) is 5.82 Å². The van der Waals surface area contributed by atoms with Crippen LogP contribution < -0.4 is 5.32 Å². The van der Waals surface area contributed by atoms with Crippen molar-refractivity contribution in [2.45, 2.75) is 51.8 Å². The summed E-state index contributed by atoms with van der Waals surface area (Å²) in [4.78, 5) is 4.37. The van der Waals surface area contributed by atoms with Gasteiger partial charge in [0.1, 0.15) is 0 Å². The lowest BCUT2D eigenvalue weighted by Crippen LogP contribution is -2.55. The van der Waals surface area contributed by atoms with E-state index in [0.29, 0.717) is 24.7 Å². The molecule has 0 atom stereocenters. The molecule has 2 aromatic rings. The number of hydrogen-bond acceptors (Lipinski definition) is 5. The van der Waals surface area contributed by atoms with Crippen molar-refractivity contribution in [1.82, 2.24) is 15.5 Å². The van der Waals surface area contributed by atoms with E-state index < -0.39 is 11.1 Å². The average molecular weight is 289 g/mol.